The van der Waals surface area contributed by atoms with Gasteiger partial charge in [0, 0.05) is 0 Å². The fraction of sp³-hybridized carbons (Fsp3) is 0.158. The molecule has 1 atom stereocenters. The Morgan fingerprint density at radius 1 is 1.17 bits per heavy atom. The Hall–Kier alpha value is -3.24. The van der Waals surface area contributed by atoms with Crippen LogP contribution in [0.4, 0.5) is 5.13 Å². The Kier molecular flexibility index (Phi) is 5.03. The number of ether oxygens (including phenoxy) is 2. The number of hydrogen-bond acceptors (Lipinski definition) is 9. The fourth-order valence-corrected chi connectivity index (χ4v) is 4.45. The lowest BCUT2D eigenvalue weighted by Gasteiger charge is -2.24. The Bertz CT molecular complexity index is 1090. The highest BCUT2D eigenvalue weighted by atomic mass is 32.1. The van der Waals surface area contributed by atoms with Gasteiger partial charge in [0.15, 0.2) is 17.3 Å². The van der Waals surface area contributed by atoms with Crippen LogP contribution in [0.15, 0.2) is 52.6 Å². The number of Topliss-reactive ketones (excluding diaryl/α,β-unsaturated/α-hetero) is 1. The first-order chi connectivity index (χ1) is 14.1. The SMILES string of the molecule is COc1ccc([C@@H]2C(C(=O)c3cccs3)=C(O)C(=O)N2c2nncs2)cc1OC. The number of nitrogens with zero attached hydrogens (tertiary/aromatic N) is 3. The van der Waals surface area contributed by atoms with E-state index in [1.165, 1.54) is 36.0 Å². The first kappa shape index (κ1) is 19.1. The number of rotatable bonds is 6. The molecule has 10 heteroatoms. The molecule has 3 heterocycles. The molecule has 1 amide bonds. The normalized spacial score (nSPS) is 16.4. The topological polar surface area (TPSA) is 102 Å². The van der Waals surface area contributed by atoms with E-state index in [1.54, 1.807) is 35.7 Å². The second kappa shape index (κ2) is 7.64. The van der Waals surface area contributed by atoms with Gasteiger partial charge >= 0.3 is 0 Å². The van der Waals surface area contributed by atoms with Crippen molar-refractivity contribution < 1.29 is 24.2 Å². The second-order valence-corrected chi connectivity index (χ2v) is 7.74. The standard InChI is InChI=1S/C19H15N3O5S2/c1-26-11-6-5-10(8-12(11)27-2)15-14(16(23)13-4-3-7-28-13)17(24)18(25)22(15)19-21-20-9-29-19/h3-9,15,24H,1-2H3/t15-/m1/s1. The van der Waals surface area contributed by atoms with Gasteiger partial charge < -0.3 is 14.6 Å². The van der Waals surface area contributed by atoms with Gasteiger partial charge in [-0.1, -0.05) is 23.5 Å². The zero-order chi connectivity index (χ0) is 20.5. The van der Waals surface area contributed by atoms with E-state index < -0.39 is 23.5 Å². The number of carbonyl (C=O) groups is 2. The number of aliphatic hydroxyl groups is 1. The molecule has 0 saturated heterocycles. The van der Waals surface area contributed by atoms with Gasteiger partial charge in [0.1, 0.15) is 5.51 Å². The van der Waals surface area contributed by atoms with Gasteiger partial charge in [0.2, 0.25) is 10.9 Å². The van der Waals surface area contributed by atoms with Crippen LogP contribution in [0.1, 0.15) is 21.3 Å². The molecule has 4 rings (SSSR count). The van der Waals surface area contributed by atoms with E-state index in [4.69, 9.17) is 9.47 Å². The lowest BCUT2D eigenvalue weighted by atomic mass is 9.95. The number of hydrogen-bond donors (Lipinski definition) is 1. The van der Waals surface area contributed by atoms with Gasteiger partial charge in [-0.3, -0.25) is 14.5 Å². The Labute approximate surface area is 173 Å². The van der Waals surface area contributed by atoms with Crippen LogP contribution in [0.5, 0.6) is 11.5 Å². The highest BCUT2D eigenvalue weighted by Gasteiger charge is 2.46. The number of benzene rings is 1. The third-order valence-corrected chi connectivity index (χ3v) is 6.03. The number of anilines is 1. The molecule has 0 fully saturated rings. The monoisotopic (exact) mass is 429 g/mol. The van der Waals surface area contributed by atoms with E-state index in [2.05, 4.69) is 10.2 Å². The van der Waals surface area contributed by atoms with Gasteiger partial charge in [-0.05, 0) is 29.1 Å². The van der Waals surface area contributed by atoms with Crippen molar-refractivity contribution in [1.29, 1.82) is 0 Å². The van der Waals surface area contributed by atoms with Crippen molar-refractivity contribution >= 4 is 39.5 Å². The molecule has 1 N–H and O–H groups in total. The molecule has 0 spiro atoms. The summed E-state index contributed by atoms with van der Waals surface area (Å²) in [4.78, 5) is 27.8. The molecule has 3 aromatic rings. The molecule has 0 unspecified atom stereocenters. The molecule has 8 nitrogen and oxygen atoms in total. The Balaban J connectivity index is 1.89. The number of ketones is 1. The van der Waals surface area contributed by atoms with Gasteiger partial charge in [0.05, 0.1) is 30.7 Å². The van der Waals surface area contributed by atoms with E-state index in [9.17, 15) is 14.7 Å². The molecule has 1 aliphatic rings. The molecule has 1 aromatic carbocycles. The molecule has 0 bridgehead atoms. The van der Waals surface area contributed by atoms with Crippen molar-refractivity contribution in [2.75, 3.05) is 19.1 Å². The van der Waals surface area contributed by atoms with Crippen LogP contribution in [-0.4, -0.2) is 41.2 Å². The first-order valence-corrected chi connectivity index (χ1v) is 10.2. The minimum absolute atomic E-state index is 0.0140. The van der Waals surface area contributed by atoms with Gasteiger partial charge in [-0.15, -0.1) is 21.5 Å². The molecule has 0 radical (unpaired) electrons. The predicted molar refractivity (Wildman–Crippen MR) is 108 cm³/mol. The zero-order valence-electron chi connectivity index (χ0n) is 15.4. The van der Waals surface area contributed by atoms with Crippen LogP contribution >= 0.6 is 22.7 Å². The van der Waals surface area contributed by atoms with Crippen molar-refractivity contribution in [2.45, 2.75) is 6.04 Å². The minimum atomic E-state index is -0.884. The Morgan fingerprint density at radius 2 is 1.97 bits per heavy atom. The molecule has 1 aliphatic heterocycles. The maximum atomic E-state index is 13.2. The summed E-state index contributed by atoms with van der Waals surface area (Å²) in [6.45, 7) is 0. The number of amides is 1. The summed E-state index contributed by atoms with van der Waals surface area (Å²) in [6.07, 6.45) is 0. The van der Waals surface area contributed by atoms with Crippen LogP contribution in [0, 0.1) is 0 Å². The van der Waals surface area contributed by atoms with Crippen LogP contribution in [-0.2, 0) is 4.79 Å². The first-order valence-electron chi connectivity index (χ1n) is 8.39. The molecule has 2 aromatic heterocycles. The van der Waals surface area contributed by atoms with E-state index in [0.29, 0.717) is 21.9 Å². The van der Waals surface area contributed by atoms with Gasteiger partial charge in [0.25, 0.3) is 5.91 Å². The van der Waals surface area contributed by atoms with Crippen molar-refractivity contribution in [3.8, 4) is 11.5 Å². The average Bonchev–Trinajstić information content (AvgIpc) is 3.49. The largest absolute Gasteiger partial charge is 0.503 e. The van der Waals surface area contributed by atoms with Crippen molar-refractivity contribution in [3.05, 3.63) is 63.0 Å². The fourth-order valence-electron chi connectivity index (χ4n) is 3.19. The van der Waals surface area contributed by atoms with Crippen LogP contribution in [0.25, 0.3) is 0 Å². The quantitative estimate of drug-likeness (QED) is 0.599. The molecule has 0 saturated carbocycles. The van der Waals surface area contributed by atoms with Crippen LogP contribution in [0.2, 0.25) is 0 Å². The highest BCUT2D eigenvalue weighted by molar-refractivity contribution is 7.13. The molecule has 148 valence electrons. The highest BCUT2D eigenvalue weighted by Crippen LogP contribution is 2.44. The molecular weight excluding hydrogens is 414 g/mol. The second-order valence-electron chi connectivity index (χ2n) is 5.98. The number of aliphatic hydroxyl groups excluding tert-OH is 1. The summed E-state index contributed by atoms with van der Waals surface area (Å²) in [6, 6.07) is 7.57. The molecule has 29 heavy (non-hydrogen) atoms. The number of carbonyl (C=O) groups excluding carboxylic acids is 2. The molecular formula is C19H15N3O5S2. The van der Waals surface area contributed by atoms with Gasteiger partial charge in [-0.2, -0.15) is 0 Å². The van der Waals surface area contributed by atoms with E-state index in [0.717, 1.165) is 11.3 Å². The maximum absolute atomic E-state index is 13.2. The lowest BCUT2D eigenvalue weighted by Crippen LogP contribution is -2.31. The molecule has 0 aliphatic carbocycles. The Morgan fingerprint density at radius 3 is 2.59 bits per heavy atom. The van der Waals surface area contributed by atoms with Crippen LogP contribution < -0.4 is 14.4 Å². The van der Waals surface area contributed by atoms with Crippen molar-refractivity contribution in [3.63, 3.8) is 0 Å². The predicted octanol–water partition coefficient (Wildman–Crippen LogP) is 3.40. The van der Waals surface area contributed by atoms with Crippen molar-refractivity contribution in [2.24, 2.45) is 0 Å². The average molecular weight is 429 g/mol. The van der Waals surface area contributed by atoms with Crippen LogP contribution in [0.3, 0.4) is 0 Å². The summed E-state index contributed by atoms with van der Waals surface area (Å²) in [5, 5.41) is 20.4. The smallest absolute Gasteiger partial charge is 0.296 e. The summed E-state index contributed by atoms with van der Waals surface area (Å²) in [5.41, 5.74) is 2.03. The van der Waals surface area contributed by atoms with E-state index >= 15 is 0 Å². The van der Waals surface area contributed by atoms with Crippen molar-refractivity contribution in [1.82, 2.24) is 10.2 Å². The summed E-state index contributed by atoms with van der Waals surface area (Å²) < 4.78 is 10.6. The lowest BCUT2D eigenvalue weighted by molar-refractivity contribution is -0.117. The van der Waals surface area contributed by atoms with E-state index in [-0.39, 0.29) is 10.7 Å². The maximum Gasteiger partial charge on any atom is 0.296 e. The van der Waals surface area contributed by atoms with Gasteiger partial charge in [-0.25, -0.2) is 0 Å². The number of methoxy groups -OCH3 is 2. The number of thiophene rings is 1. The minimum Gasteiger partial charge on any atom is -0.503 e. The summed E-state index contributed by atoms with van der Waals surface area (Å²) in [7, 11) is 3.01. The van der Waals surface area contributed by atoms with E-state index in [1.807, 2.05) is 0 Å². The summed E-state index contributed by atoms with van der Waals surface area (Å²) >= 11 is 2.37. The number of aromatic nitrogens is 2. The third-order valence-electron chi connectivity index (χ3n) is 4.48. The zero-order valence-corrected chi connectivity index (χ0v) is 17.0. The third kappa shape index (κ3) is 3.15. The summed E-state index contributed by atoms with van der Waals surface area (Å²) in [5.74, 6) is -0.788.